The van der Waals surface area contributed by atoms with E-state index in [4.69, 9.17) is 10.2 Å². The molecule has 8 heteroatoms. The highest BCUT2D eigenvalue weighted by Gasteiger charge is 2.20. The van der Waals surface area contributed by atoms with Crippen LogP contribution in [0, 0.1) is 10.1 Å². The van der Waals surface area contributed by atoms with Crippen LogP contribution in [-0.2, 0) is 0 Å². The molecule has 0 bridgehead atoms. The number of aliphatic hydroxyl groups excluding tert-OH is 1. The summed E-state index contributed by atoms with van der Waals surface area (Å²) in [6.45, 7) is 0.697. The van der Waals surface area contributed by atoms with Gasteiger partial charge >= 0.3 is 11.7 Å². The highest BCUT2D eigenvalue weighted by Crippen LogP contribution is 2.20. The Labute approximate surface area is 109 Å². The van der Waals surface area contributed by atoms with Crippen LogP contribution in [0.15, 0.2) is 12.3 Å². The van der Waals surface area contributed by atoms with Crippen molar-refractivity contribution in [3.8, 4) is 0 Å². The zero-order valence-electron chi connectivity index (χ0n) is 10.2. The van der Waals surface area contributed by atoms with Crippen molar-refractivity contribution < 1.29 is 19.9 Å². The Morgan fingerprint density at radius 3 is 2.74 bits per heavy atom. The molecule has 8 nitrogen and oxygen atoms in total. The lowest BCUT2D eigenvalue weighted by Crippen LogP contribution is -2.08. The average Bonchev–Trinajstić information content (AvgIpc) is 2.38. The number of aromatic nitrogens is 1. The molecule has 0 aliphatic carbocycles. The van der Waals surface area contributed by atoms with Crippen LogP contribution in [0.5, 0.6) is 0 Å². The predicted molar refractivity (Wildman–Crippen MR) is 67.3 cm³/mol. The average molecular weight is 269 g/mol. The molecule has 0 unspecified atom stereocenters. The maximum Gasteiger partial charge on any atom is 0.342 e. The van der Waals surface area contributed by atoms with Gasteiger partial charge in [-0.15, -0.1) is 0 Å². The van der Waals surface area contributed by atoms with Gasteiger partial charge in [-0.05, 0) is 19.3 Å². The lowest BCUT2D eigenvalue weighted by molar-refractivity contribution is -0.385. The van der Waals surface area contributed by atoms with E-state index in [0.717, 1.165) is 25.1 Å². The highest BCUT2D eigenvalue weighted by atomic mass is 16.6. The summed E-state index contributed by atoms with van der Waals surface area (Å²) in [6, 6.07) is 1.15. The van der Waals surface area contributed by atoms with Crippen LogP contribution < -0.4 is 5.32 Å². The van der Waals surface area contributed by atoms with Crippen molar-refractivity contribution in [1.29, 1.82) is 0 Å². The number of unbranched alkanes of at least 4 members (excludes halogenated alkanes) is 2. The summed E-state index contributed by atoms with van der Waals surface area (Å²) >= 11 is 0. The Kier molecular flexibility index (Phi) is 5.68. The fourth-order valence-electron chi connectivity index (χ4n) is 1.49. The van der Waals surface area contributed by atoms with E-state index in [2.05, 4.69) is 10.3 Å². The van der Waals surface area contributed by atoms with Gasteiger partial charge in [-0.3, -0.25) is 10.1 Å². The van der Waals surface area contributed by atoms with Crippen LogP contribution in [0.1, 0.15) is 29.6 Å². The molecule has 0 aliphatic heterocycles. The Morgan fingerprint density at radius 2 is 2.16 bits per heavy atom. The second-order valence-electron chi connectivity index (χ2n) is 3.86. The van der Waals surface area contributed by atoms with Gasteiger partial charge in [0.05, 0.1) is 4.92 Å². The van der Waals surface area contributed by atoms with E-state index in [0.29, 0.717) is 13.0 Å². The highest BCUT2D eigenvalue weighted by molar-refractivity contribution is 5.93. The maximum atomic E-state index is 10.9. The molecule has 0 aliphatic rings. The Balaban J connectivity index is 2.68. The third kappa shape index (κ3) is 4.51. The predicted octanol–water partition coefficient (Wildman–Crippen LogP) is 1.26. The number of rotatable bonds is 8. The number of anilines is 1. The van der Waals surface area contributed by atoms with Gasteiger partial charge in [0, 0.05) is 19.2 Å². The zero-order valence-corrected chi connectivity index (χ0v) is 10.2. The maximum absolute atomic E-state index is 10.9. The fraction of sp³-hybridized carbons (Fsp3) is 0.455. The molecule has 0 saturated heterocycles. The van der Waals surface area contributed by atoms with Gasteiger partial charge < -0.3 is 15.5 Å². The molecule has 1 rings (SSSR count). The number of aromatic carboxylic acids is 1. The summed E-state index contributed by atoms with van der Waals surface area (Å²) in [6.07, 6.45) is 3.26. The molecule has 0 radical (unpaired) electrons. The van der Waals surface area contributed by atoms with Crippen LogP contribution in [0.25, 0.3) is 0 Å². The molecule has 1 aromatic heterocycles. The minimum atomic E-state index is -1.36. The Bertz CT molecular complexity index is 464. The van der Waals surface area contributed by atoms with Crippen molar-refractivity contribution in [1.82, 2.24) is 4.98 Å². The summed E-state index contributed by atoms with van der Waals surface area (Å²) in [5.74, 6) is -1.08. The number of carbonyl (C=O) groups is 1. The quantitative estimate of drug-likeness (QED) is 0.368. The van der Waals surface area contributed by atoms with Gasteiger partial charge in [0.2, 0.25) is 0 Å². The molecule has 0 fully saturated rings. The molecule has 1 aromatic rings. The summed E-state index contributed by atoms with van der Waals surface area (Å²) in [4.78, 5) is 24.6. The van der Waals surface area contributed by atoms with Crippen LogP contribution in [0.2, 0.25) is 0 Å². The Hall–Kier alpha value is -2.22. The topological polar surface area (TPSA) is 126 Å². The summed E-state index contributed by atoms with van der Waals surface area (Å²) in [7, 11) is 0. The van der Waals surface area contributed by atoms with Crippen molar-refractivity contribution in [3.63, 3.8) is 0 Å². The molecular formula is C11H15N3O5. The number of carboxylic acids is 1. The molecule has 0 spiro atoms. The first kappa shape index (κ1) is 14.8. The SMILES string of the molecule is O=C(O)c1cc(NCCCCCO)ncc1[N+](=O)[O-]. The first-order valence-electron chi connectivity index (χ1n) is 5.78. The first-order chi connectivity index (χ1) is 9.06. The number of nitrogens with zero attached hydrogens (tertiary/aromatic N) is 2. The molecule has 0 aromatic carbocycles. The van der Waals surface area contributed by atoms with E-state index in [1.54, 1.807) is 0 Å². The molecule has 0 amide bonds. The van der Waals surface area contributed by atoms with Crippen molar-refractivity contribution in [3.05, 3.63) is 27.9 Å². The molecular weight excluding hydrogens is 254 g/mol. The number of nitrogens with one attached hydrogen (secondary N) is 1. The van der Waals surface area contributed by atoms with Crippen LogP contribution in [0.4, 0.5) is 11.5 Å². The van der Waals surface area contributed by atoms with Crippen molar-refractivity contribution in [2.75, 3.05) is 18.5 Å². The lowest BCUT2D eigenvalue weighted by atomic mass is 10.2. The van der Waals surface area contributed by atoms with Crippen LogP contribution in [-0.4, -0.2) is 39.2 Å². The van der Waals surface area contributed by atoms with E-state index in [-0.39, 0.29) is 12.4 Å². The number of hydrogen-bond donors (Lipinski definition) is 3. The van der Waals surface area contributed by atoms with E-state index in [1.165, 1.54) is 0 Å². The summed E-state index contributed by atoms with van der Waals surface area (Å²) in [5.41, 5.74) is -0.920. The molecule has 3 N–H and O–H groups in total. The standard InChI is InChI=1S/C11H15N3O5/c15-5-3-1-2-4-12-10-6-8(11(16)17)9(7-13-10)14(18)19/h6-7,15H,1-5H2,(H,12,13)(H,16,17). The normalized spacial score (nSPS) is 10.2. The lowest BCUT2D eigenvalue weighted by Gasteiger charge is -2.06. The number of pyridine rings is 1. The summed E-state index contributed by atoms with van der Waals surface area (Å²) < 4.78 is 0. The molecule has 0 saturated carbocycles. The van der Waals surface area contributed by atoms with Crippen LogP contribution >= 0.6 is 0 Å². The number of nitro groups is 1. The smallest absolute Gasteiger partial charge is 0.342 e. The van der Waals surface area contributed by atoms with Crippen molar-refractivity contribution in [2.24, 2.45) is 0 Å². The minimum Gasteiger partial charge on any atom is -0.477 e. The molecule has 1 heterocycles. The third-order valence-electron chi connectivity index (χ3n) is 2.45. The van der Waals surface area contributed by atoms with Gasteiger partial charge in [-0.1, -0.05) is 0 Å². The monoisotopic (exact) mass is 269 g/mol. The molecule has 104 valence electrons. The number of carboxylic acid groups (broad SMARTS) is 1. The van der Waals surface area contributed by atoms with E-state index in [1.807, 2.05) is 0 Å². The number of hydrogen-bond acceptors (Lipinski definition) is 6. The van der Waals surface area contributed by atoms with Gasteiger partial charge in [-0.2, -0.15) is 0 Å². The van der Waals surface area contributed by atoms with Gasteiger partial charge in [0.25, 0.3) is 0 Å². The fourth-order valence-corrected chi connectivity index (χ4v) is 1.49. The summed E-state index contributed by atoms with van der Waals surface area (Å²) in [5, 5.41) is 31.0. The van der Waals surface area contributed by atoms with Gasteiger partial charge in [-0.25, -0.2) is 9.78 Å². The van der Waals surface area contributed by atoms with E-state index >= 15 is 0 Å². The second-order valence-corrected chi connectivity index (χ2v) is 3.86. The van der Waals surface area contributed by atoms with Gasteiger partial charge in [0.15, 0.2) is 0 Å². The second kappa shape index (κ2) is 7.27. The zero-order chi connectivity index (χ0) is 14.3. The van der Waals surface area contributed by atoms with E-state index < -0.39 is 22.1 Å². The van der Waals surface area contributed by atoms with E-state index in [9.17, 15) is 14.9 Å². The van der Waals surface area contributed by atoms with Crippen molar-refractivity contribution >= 4 is 17.5 Å². The largest absolute Gasteiger partial charge is 0.477 e. The number of aliphatic hydroxyl groups is 1. The first-order valence-corrected chi connectivity index (χ1v) is 5.78. The van der Waals surface area contributed by atoms with Crippen LogP contribution in [0.3, 0.4) is 0 Å². The Morgan fingerprint density at radius 1 is 1.42 bits per heavy atom. The van der Waals surface area contributed by atoms with Crippen molar-refractivity contribution in [2.45, 2.75) is 19.3 Å². The van der Waals surface area contributed by atoms with Gasteiger partial charge in [0.1, 0.15) is 17.6 Å². The minimum absolute atomic E-state index is 0.138. The molecule has 19 heavy (non-hydrogen) atoms. The third-order valence-corrected chi connectivity index (χ3v) is 2.45. The molecule has 0 atom stereocenters.